The van der Waals surface area contributed by atoms with Crippen LogP contribution in [0, 0.1) is 0 Å². The monoisotopic (exact) mass is 291 g/mol. The molecule has 0 spiro atoms. The van der Waals surface area contributed by atoms with Crippen molar-refractivity contribution < 1.29 is 22.7 Å². The van der Waals surface area contributed by atoms with Crippen molar-refractivity contribution in [3.63, 3.8) is 0 Å². The van der Waals surface area contributed by atoms with Gasteiger partial charge in [-0.15, -0.1) is 0 Å². The van der Waals surface area contributed by atoms with Crippen LogP contribution >= 0.6 is 0 Å². The van der Waals surface area contributed by atoms with E-state index in [4.69, 9.17) is 10.5 Å². The lowest BCUT2D eigenvalue weighted by Gasteiger charge is -2.27. The number of carbonyl (C=O) groups excluding carboxylic acids is 1. The van der Waals surface area contributed by atoms with Crippen LogP contribution in [0.3, 0.4) is 0 Å². The van der Waals surface area contributed by atoms with E-state index < -0.39 is 24.4 Å². The number of aromatic nitrogens is 1. The first kappa shape index (κ1) is 16.1. The van der Waals surface area contributed by atoms with Gasteiger partial charge in [0, 0.05) is 18.0 Å². The average molecular weight is 291 g/mol. The van der Waals surface area contributed by atoms with Crippen molar-refractivity contribution in [3.8, 4) is 0 Å². The summed E-state index contributed by atoms with van der Waals surface area (Å²) in [6.07, 6.45) is -4.49. The van der Waals surface area contributed by atoms with Crippen molar-refractivity contribution in [3.05, 3.63) is 18.3 Å². The molecule has 1 aromatic heterocycles. The van der Waals surface area contributed by atoms with Crippen LogP contribution in [0.15, 0.2) is 18.3 Å². The summed E-state index contributed by atoms with van der Waals surface area (Å²) in [4.78, 5) is 16.0. The zero-order valence-corrected chi connectivity index (χ0v) is 11.4. The molecule has 0 aliphatic heterocycles. The molecule has 1 heterocycles. The molecule has 1 rings (SSSR count). The fraction of sp³-hybridized carbons (Fsp3) is 0.500. The van der Waals surface area contributed by atoms with Gasteiger partial charge < -0.3 is 10.5 Å². The first-order valence-electron chi connectivity index (χ1n) is 5.77. The molecular formula is C12H16F3N3O2. The molecule has 0 aromatic carbocycles. The summed E-state index contributed by atoms with van der Waals surface area (Å²) in [5.41, 5.74) is 4.77. The fourth-order valence-corrected chi connectivity index (χ4v) is 1.32. The third kappa shape index (κ3) is 5.33. The molecule has 0 aliphatic carbocycles. The first-order valence-corrected chi connectivity index (χ1v) is 5.77. The maximum atomic E-state index is 12.6. The van der Waals surface area contributed by atoms with Crippen molar-refractivity contribution in [2.45, 2.75) is 32.5 Å². The molecule has 1 aromatic rings. The highest BCUT2D eigenvalue weighted by atomic mass is 19.4. The Hall–Kier alpha value is -1.99. The lowest BCUT2D eigenvalue weighted by molar-refractivity contribution is -0.119. The molecule has 0 aliphatic rings. The molecule has 2 N–H and O–H groups in total. The van der Waals surface area contributed by atoms with Gasteiger partial charge in [0.15, 0.2) is 0 Å². The highest BCUT2D eigenvalue weighted by molar-refractivity contribution is 5.87. The predicted molar refractivity (Wildman–Crippen MR) is 68.3 cm³/mol. The van der Waals surface area contributed by atoms with Gasteiger partial charge in [-0.3, -0.25) is 4.90 Å². The Bertz CT molecular complexity index is 484. The topological polar surface area (TPSA) is 68.5 Å². The first-order chi connectivity index (χ1) is 8.98. The molecule has 0 saturated carbocycles. The van der Waals surface area contributed by atoms with E-state index in [0.717, 1.165) is 0 Å². The molecule has 5 nitrogen and oxygen atoms in total. The normalized spacial score (nSPS) is 12.1. The lowest BCUT2D eigenvalue weighted by atomic mass is 10.2. The molecule has 1 amide bonds. The number of amides is 1. The number of pyridine rings is 1. The van der Waals surface area contributed by atoms with E-state index in [9.17, 15) is 18.0 Å². The summed E-state index contributed by atoms with van der Waals surface area (Å²) < 4.78 is 42.7. The molecule has 0 saturated heterocycles. The van der Waals surface area contributed by atoms with Crippen molar-refractivity contribution in [1.29, 1.82) is 0 Å². The highest BCUT2D eigenvalue weighted by Gasteiger charge is 2.36. The Morgan fingerprint density at radius 2 is 2.00 bits per heavy atom. The van der Waals surface area contributed by atoms with E-state index in [1.807, 2.05) is 0 Å². The van der Waals surface area contributed by atoms with Crippen LogP contribution in [0.4, 0.5) is 29.5 Å². The Labute approximate surface area is 114 Å². The second-order valence-corrected chi connectivity index (χ2v) is 5.13. The largest absolute Gasteiger partial charge is 0.443 e. The Balaban J connectivity index is 3.06. The van der Waals surface area contributed by atoms with E-state index in [1.54, 1.807) is 20.8 Å². The van der Waals surface area contributed by atoms with Crippen LogP contribution in [-0.4, -0.2) is 29.4 Å². The van der Waals surface area contributed by atoms with Crippen LogP contribution in [0.2, 0.25) is 0 Å². The highest BCUT2D eigenvalue weighted by Crippen LogP contribution is 2.24. The second kappa shape index (κ2) is 5.56. The quantitative estimate of drug-likeness (QED) is 0.909. The van der Waals surface area contributed by atoms with E-state index >= 15 is 0 Å². The van der Waals surface area contributed by atoms with Gasteiger partial charge in [0.1, 0.15) is 18.0 Å². The number of anilines is 2. The predicted octanol–water partition coefficient (Wildman–Crippen LogP) is 2.97. The maximum Gasteiger partial charge on any atom is 0.416 e. The van der Waals surface area contributed by atoms with Gasteiger partial charge in [-0.2, -0.15) is 13.2 Å². The third-order valence-corrected chi connectivity index (χ3v) is 2.00. The molecule has 0 fully saturated rings. The van der Waals surface area contributed by atoms with Crippen LogP contribution in [0.25, 0.3) is 0 Å². The minimum Gasteiger partial charge on any atom is -0.443 e. The third-order valence-electron chi connectivity index (χ3n) is 2.00. The summed E-state index contributed by atoms with van der Waals surface area (Å²) >= 11 is 0. The van der Waals surface area contributed by atoms with Gasteiger partial charge in [0.05, 0.1) is 0 Å². The zero-order chi connectivity index (χ0) is 15.6. The van der Waals surface area contributed by atoms with Gasteiger partial charge in [-0.05, 0) is 26.8 Å². The summed E-state index contributed by atoms with van der Waals surface area (Å²) in [5, 5.41) is 0. The molecule has 112 valence electrons. The molecule has 0 radical (unpaired) electrons. The number of nitrogen functional groups attached to an aromatic ring is 1. The fourth-order valence-electron chi connectivity index (χ4n) is 1.32. The second-order valence-electron chi connectivity index (χ2n) is 5.13. The van der Waals surface area contributed by atoms with E-state index in [-0.39, 0.29) is 11.5 Å². The molecule has 8 heteroatoms. The Kier molecular flexibility index (Phi) is 4.46. The van der Waals surface area contributed by atoms with Crippen molar-refractivity contribution >= 4 is 17.6 Å². The zero-order valence-electron chi connectivity index (χ0n) is 11.4. The van der Waals surface area contributed by atoms with E-state index in [1.165, 1.54) is 18.3 Å². The number of alkyl halides is 3. The van der Waals surface area contributed by atoms with Crippen LogP contribution in [0.1, 0.15) is 20.8 Å². The number of halogens is 3. The van der Waals surface area contributed by atoms with Crippen molar-refractivity contribution in [2.24, 2.45) is 0 Å². The standard InChI is InChI=1S/C12H16F3N3O2/c1-11(2,3)20-10(19)18(7-12(13,14)15)9-6-8(16)4-5-17-9/h4-6H,7H2,1-3H3,(H2,16,17). The number of nitrogens with zero attached hydrogens (tertiary/aromatic N) is 2. The van der Waals surface area contributed by atoms with Crippen LogP contribution in [-0.2, 0) is 4.74 Å². The van der Waals surface area contributed by atoms with Gasteiger partial charge in [0.2, 0.25) is 0 Å². The molecular weight excluding hydrogens is 275 g/mol. The number of rotatable bonds is 2. The number of ether oxygens (including phenoxy) is 1. The summed E-state index contributed by atoms with van der Waals surface area (Å²) in [6, 6.07) is 2.58. The number of hydrogen-bond acceptors (Lipinski definition) is 4. The van der Waals surface area contributed by atoms with Crippen LogP contribution in [0.5, 0.6) is 0 Å². The minimum absolute atomic E-state index is 0.200. The number of hydrogen-bond donors (Lipinski definition) is 1. The summed E-state index contributed by atoms with van der Waals surface area (Å²) in [7, 11) is 0. The minimum atomic E-state index is -4.58. The SMILES string of the molecule is CC(C)(C)OC(=O)N(CC(F)(F)F)c1cc(N)ccn1. The smallest absolute Gasteiger partial charge is 0.416 e. The maximum absolute atomic E-state index is 12.6. The van der Waals surface area contributed by atoms with Crippen molar-refractivity contribution in [2.75, 3.05) is 17.2 Å². The molecule has 20 heavy (non-hydrogen) atoms. The van der Waals surface area contributed by atoms with Crippen molar-refractivity contribution in [1.82, 2.24) is 4.98 Å². The number of nitrogens with two attached hydrogens (primary N) is 1. The van der Waals surface area contributed by atoms with Gasteiger partial charge >= 0.3 is 12.3 Å². The lowest BCUT2D eigenvalue weighted by Crippen LogP contribution is -2.42. The molecule has 0 unspecified atom stereocenters. The number of carbonyl (C=O) groups is 1. The molecule has 0 atom stereocenters. The van der Waals surface area contributed by atoms with Gasteiger partial charge in [-0.25, -0.2) is 9.78 Å². The average Bonchev–Trinajstić information content (AvgIpc) is 2.22. The Morgan fingerprint density at radius 3 is 2.45 bits per heavy atom. The Morgan fingerprint density at radius 1 is 1.40 bits per heavy atom. The van der Waals surface area contributed by atoms with Gasteiger partial charge in [0.25, 0.3) is 0 Å². The van der Waals surface area contributed by atoms with Crippen LogP contribution < -0.4 is 10.6 Å². The summed E-state index contributed by atoms with van der Waals surface area (Å²) in [5.74, 6) is -0.212. The van der Waals surface area contributed by atoms with E-state index in [0.29, 0.717) is 4.90 Å². The summed E-state index contributed by atoms with van der Waals surface area (Å²) in [6.45, 7) is 3.18. The molecule has 0 bridgehead atoms. The van der Waals surface area contributed by atoms with Gasteiger partial charge in [-0.1, -0.05) is 0 Å². The van der Waals surface area contributed by atoms with E-state index in [2.05, 4.69) is 4.98 Å².